The summed E-state index contributed by atoms with van der Waals surface area (Å²) in [5.74, 6) is -0.641. The summed E-state index contributed by atoms with van der Waals surface area (Å²) in [7, 11) is 0. The standard InChI is InChI=1S/C18H19NO7/c20-16(21)11-24-14-8-9-23-10-13(14)19-18(22)15-6-7-17(26-15)25-12-4-2-1-3-5-12/h1-7,13-14H,8-11H2,(H,19,22)(H,20,21)/t13-,14+/m1/s1. The number of carbonyl (C=O) groups is 2. The molecule has 2 N–H and O–H groups in total. The van der Waals surface area contributed by atoms with Crippen LogP contribution < -0.4 is 10.1 Å². The van der Waals surface area contributed by atoms with Crippen LogP contribution in [0.15, 0.2) is 46.9 Å². The van der Waals surface area contributed by atoms with Crippen molar-refractivity contribution in [3.63, 3.8) is 0 Å². The molecule has 0 aliphatic carbocycles. The van der Waals surface area contributed by atoms with Gasteiger partial charge in [-0.05, 0) is 24.6 Å². The van der Waals surface area contributed by atoms with Crippen LogP contribution in [0, 0.1) is 0 Å². The number of para-hydroxylation sites is 1. The lowest BCUT2D eigenvalue weighted by atomic mass is 10.1. The molecule has 0 spiro atoms. The van der Waals surface area contributed by atoms with Gasteiger partial charge in [-0.1, -0.05) is 18.2 Å². The third-order valence-electron chi connectivity index (χ3n) is 3.80. The number of hydrogen-bond acceptors (Lipinski definition) is 6. The molecule has 1 aromatic carbocycles. The number of carboxylic acid groups (broad SMARTS) is 1. The van der Waals surface area contributed by atoms with E-state index in [1.807, 2.05) is 18.2 Å². The van der Waals surface area contributed by atoms with Gasteiger partial charge in [-0.15, -0.1) is 0 Å². The van der Waals surface area contributed by atoms with Crippen LogP contribution in [-0.4, -0.2) is 48.9 Å². The number of nitrogens with one attached hydrogen (secondary N) is 1. The first-order valence-electron chi connectivity index (χ1n) is 8.16. The molecule has 1 fully saturated rings. The van der Waals surface area contributed by atoms with E-state index >= 15 is 0 Å². The van der Waals surface area contributed by atoms with E-state index in [-0.39, 0.29) is 18.3 Å². The monoisotopic (exact) mass is 361 g/mol. The number of hydrogen-bond donors (Lipinski definition) is 2. The van der Waals surface area contributed by atoms with E-state index in [4.69, 9.17) is 23.7 Å². The number of benzene rings is 1. The van der Waals surface area contributed by atoms with Crippen molar-refractivity contribution in [1.82, 2.24) is 5.32 Å². The van der Waals surface area contributed by atoms with Gasteiger partial charge < -0.3 is 29.1 Å². The number of carboxylic acids is 1. The minimum atomic E-state index is -1.06. The summed E-state index contributed by atoms with van der Waals surface area (Å²) >= 11 is 0. The van der Waals surface area contributed by atoms with Crippen LogP contribution in [0.5, 0.6) is 11.7 Å². The Bertz CT molecular complexity index is 743. The third-order valence-corrected chi connectivity index (χ3v) is 3.80. The molecular weight excluding hydrogens is 342 g/mol. The fraction of sp³-hybridized carbons (Fsp3) is 0.333. The van der Waals surface area contributed by atoms with Gasteiger partial charge in [0.15, 0.2) is 5.76 Å². The first-order valence-corrected chi connectivity index (χ1v) is 8.16. The highest BCUT2D eigenvalue weighted by Crippen LogP contribution is 2.23. The largest absolute Gasteiger partial charge is 0.480 e. The van der Waals surface area contributed by atoms with Crippen molar-refractivity contribution in [2.45, 2.75) is 18.6 Å². The van der Waals surface area contributed by atoms with E-state index in [1.165, 1.54) is 6.07 Å². The fourth-order valence-corrected chi connectivity index (χ4v) is 2.57. The molecule has 0 unspecified atom stereocenters. The van der Waals surface area contributed by atoms with Crippen LogP contribution in [-0.2, 0) is 14.3 Å². The maximum Gasteiger partial charge on any atom is 0.329 e. The van der Waals surface area contributed by atoms with Crippen molar-refractivity contribution >= 4 is 11.9 Å². The molecular formula is C18H19NO7. The van der Waals surface area contributed by atoms with Gasteiger partial charge >= 0.3 is 5.97 Å². The van der Waals surface area contributed by atoms with Crippen LogP contribution in [0.2, 0.25) is 0 Å². The minimum Gasteiger partial charge on any atom is -0.480 e. The summed E-state index contributed by atoms with van der Waals surface area (Å²) in [5, 5.41) is 11.5. The number of ether oxygens (including phenoxy) is 3. The Balaban J connectivity index is 1.59. The number of rotatable bonds is 7. The zero-order valence-electron chi connectivity index (χ0n) is 13.9. The Morgan fingerprint density at radius 1 is 1.19 bits per heavy atom. The second-order valence-corrected chi connectivity index (χ2v) is 5.72. The van der Waals surface area contributed by atoms with Crippen LogP contribution in [0.25, 0.3) is 0 Å². The average Bonchev–Trinajstić information content (AvgIpc) is 3.10. The Labute approximate surface area is 149 Å². The topological polar surface area (TPSA) is 107 Å². The predicted molar refractivity (Wildman–Crippen MR) is 89.3 cm³/mol. The molecule has 0 saturated carbocycles. The SMILES string of the molecule is O=C(O)CO[C@H]1CCOC[C@H]1NC(=O)c1ccc(Oc2ccccc2)o1. The molecule has 1 saturated heterocycles. The molecule has 0 bridgehead atoms. The van der Waals surface area contributed by atoms with Crippen molar-refractivity contribution in [3.05, 3.63) is 48.2 Å². The summed E-state index contributed by atoms with van der Waals surface area (Å²) in [5.41, 5.74) is 0. The summed E-state index contributed by atoms with van der Waals surface area (Å²) in [6.45, 7) is 0.267. The van der Waals surface area contributed by atoms with Crippen molar-refractivity contribution in [2.75, 3.05) is 19.8 Å². The van der Waals surface area contributed by atoms with Crippen LogP contribution in [0.3, 0.4) is 0 Å². The Morgan fingerprint density at radius 3 is 2.77 bits per heavy atom. The average molecular weight is 361 g/mol. The number of amides is 1. The molecule has 2 aromatic rings. The normalized spacial score (nSPS) is 19.7. The minimum absolute atomic E-state index is 0.0819. The van der Waals surface area contributed by atoms with Crippen LogP contribution >= 0.6 is 0 Å². The molecule has 2 atom stereocenters. The maximum atomic E-state index is 12.4. The molecule has 0 radical (unpaired) electrons. The van der Waals surface area contributed by atoms with E-state index in [1.54, 1.807) is 18.2 Å². The van der Waals surface area contributed by atoms with E-state index in [0.29, 0.717) is 18.8 Å². The molecule has 8 heteroatoms. The smallest absolute Gasteiger partial charge is 0.329 e. The highest BCUT2D eigenvalue weighted by atomic mass is 16.6. The summed E-state index contributed by atoms with van der Waals surface area (Å²) in [4.78, 5) is 23.0. The summed E-state index contributed by atoms with van der Waals surface area (Å²) in [6.07, 6.45) is 0.0671. The Hall–Kier alpha value is -2.84. The predicted octanol–water partition coefficient (Wildman–Crippen LogP) is 2.06. The van der Waals surface area contributed by atoms with Crippen molar-refractivity contribution in [1.29, 1.82) is 0 Å². The molecule has 1 aliphatic rings. The Morgan fingerprint density at radius 2 is 2.00 bits per heavy atom. The Kier molecular flexibility index (Phi) is 5.88. The lowest BCUT2D eigenvalue weighted by molar-refractivity contribution is -0.147. The first kappa shape index (κ1) is 18.0. The van der Waals surface area contributed by atoms with Gasteiger partial charge in [0.1, 0.15) is 12.4 Å². The highest BCUT2D eigenvalue weighted by molar-refractivity contribution is 5.91. The molecule has 3 rings (SSSR count). The van der Waals surface area contributed by atoms with Gasteiger partial charge in [-0.25, -0.2) is 4.79 Å². The van der Waals surface area contributed by atoms with Gasteiger partial charge in [0.25, 0.3) is 11.9 Å². The van der Waals surface area contributed by atoms with E-state index in [2.05, 4.69) is 5.32 Å². The zero-order chi connectivity index (χ0) is 18.4. The van der Waals surface area contributed by atoms with Gasteiger partial charge in [0, 0.05) is 12.7 Å². The zero-order valence-corrected chi connectivity index (χ0v) is 13.9. The molecule has 138 valence electrons. The lowest BCUT2D eigenvalue weighted by Crippen LogP contribution is -2.50. The molecule has 26 heavy (non-hydrogen) atoms. The van der Waals surface area contributed by atoms with Crippen LogP contribution in [0.1, 0.15) is 17.0 Å². The van der Waals surface area contributed by atoms with E-state index in [9.17, 15) is 9.59 Å². The summed E-state index contributed by atoms with van der Waals surface area (Å²) < 4.78 is 21.6. The summed E-state index contributed by atoms with van der Waals surface area (Å²) in [6, 6.07) is 11.7. The third kappa shape index (κ3) is 4.84. The fourth-order valence-electron chi connectivity index (χ4n) is 2.57. The lowest BCUT2D eigenvalue weighted by Gasteiger charge is -2.31. The van der Waals surface area contributed by atoms with Crippen LogP contribution in [0.4, 0.5) is 0 Å². The second-order valence-electron chi connectivity index (χ2n) is 5.72. The highest BCUT2D eigenvalue weighted by Gasteiger charge is 2.29. The number of aliphatic carboxylic acids is 1. The molecule has 8 nitrogen and oxygen atoms in total. The number of carbonyl (C=O) groups excluding carboxylic acids is 1. The van der Waals surface area contributed by atoms with Crippen molar-refractivity contribution in [2.24, 2.45) is 0 Å². The molecule has 1 amide bonds. The molecule has 1 aliphatic heterocycles. The van der Waals surface area contributed by atoms with Gasteiger partial charge in [-0.2, -0.15) is 0 Å². The quantitative estimate of drug-likeness (QED) is 0.777. The van der Waals surface area contributed by atoms with Crippen molar-refractivity contribution in [3.8, 4) is 11.7 Å². The second kappa shape index (κ2) is 8.50. The van der Waals surface area contributed by atoms with Crippen molar-refractivity contribution < 1.29 is 33.3 Å². The van der Waals surface area contributed by atoms with Gasteiger partial charge in [0.2, 0.25) is 0 Å². The molecule has 1 aromatic heterocycles. The van der Waals surface area contributed by atoms with E-state index in [0.717, 1.165) is 0 Å². The van der Waals surface area contributed by atoms with Gasteiger partial charge in [-0.3, -0.25) is 4.79 Å². The van der Waals surface area contributed by atoms with Gasteiger partial charge in [0.05, 0.1) is 18.8 Å². The maximum absolute atomic E-state index is 12.4. The number of furan rings is 1. The van der Waals surface area contributed by atoms with E-state index < -0.39 is 30.6 Å². The molecule has 2 heterocycles. The first-order chi connectivity index (χ1) is 12.6.